The Labute approximate surface area is 95.1 Å². The molecule has 0 saturated carbocycles. The Morgan fingerprint density at radius 3 is 2.81 bits per heavy atom. The molecule has 0 heterocycles. The Bertz CT molecular complexity index is 402. The number of nitro benzene ring substituents is 1. The second-order valence-electron chi connectivity index (χ2n) is 3.78. The van der Waals surface area contributed by atoms with Gasteiger partial charge in [-0.1, -0.05) is 12.1 Å². The van der Waals surface area contributed by atoms with Crippen LogP contribution in [0.1, 0.15) is 18.1 Å². The minimum absolute atomic E-state index is 0.167. The van der Waals surface area contributed by atoms with Crippen LogP contribution in [0.5, 0.6) is 0 Å². The number of benzene rings is 1. The van der Waals surface area contributed by atoms with E-state index in [1.807, 2.05) is 19.1 Å². The van der Waals surface area contributed by atoms with Crippen LogP contribution < -0.4 is 5.32 Å². The molecule has 1 aromatic carbocycles. The monoisotopic (exact) mass is 220 g/mol. The molecule has 0 spiro atoms. The van der Waals surface area contributed by atoms with E-state index in [0.717, 1.165) is 5.56 Å². The predicted molar refractivity (Wildman–Crippen MR) is 64.3 cm³/mol. The minimum Gasteiger partial charge on any atom is -0.307 e. The van der Waals surface area contributed by atoms with Gasteiger partial charge in [-0.3, -0.25) is 10.1 Å². The number of hydrogen-bond acceptors (Lipinski definition) is 3. The van der Waals surface area contributed by atoms with Crippen LogP contribution in [0.2, 0.25) is 0 Å². The average Bonchev–Trinajstić information content (AvgIpc) is 2.25. The molecular weight excluding hydrogens is 204 g/mol. The molecule has 0 saturated heterocycles. The van der Waals surface area contributed by atoms with E-state index in [2.05, 4.69) is 11.9 Å². The molecular formula is C12H16N2O2. The fourth-order valence-corrected chi connectivity index (χ4v) is 1.39. The Hall–Kier alpha value is -1.68. The van der Waals surface area contributed by atoms with Crippen LogP contribution in [0.3, 0.4) is 0 Å². The molecule has 0 aliphatic carbocycles. The zero-order valence-electron chi connectivity index (χ0n) is 9.56. The van der Waals surface area contributed by atoms with E-state index in [9.17, 15) is 10.1 Å². The number of hydrogen-bond donors (Lipinski definition) is 1. The smallest absolute Gasteiger partial charge is 0.272 e. The summed E-state index contributed by atoms with van der Waals surface area (Å²) in [6, 6.07) is 5.38. The maximum Gasteiger partial charge on any atom is 0.272 e. The molecule has 4 nitrogen and oxygen atoms in total. The molecule has 4 heteroatoms. The second-order valence-corrected chi connectivity index (χ2v) is 3.78. The standard InChI is InChI=1S/C12H16N2O2/c1-4-10(3)13-8-11-5-6-12(14(15)16)9(2)7-11/h4-7,10,13H,1,8H2,2-3H3. The molecule has 1 aromatic rings. The van der Waals surface area contributed by atoms with Gasteiger partial charge < -0.3 is 5.32 Å². The van der Waals surface area contributed by atoms with Crippen molar-refractivity contribution < 1.29 is 4.92 Å². The summed E-state index contributed by atoms with van der Waals surface area (Å²) < 4.78 is 0. The lowest BCUT2D eigenvalue weighted by atomic mass is 10.1. The number of nitrogens with zero attached hydrogens (tertiary/aromatic N) is 1. The van der Waals surface area contributed by atoms with E-state index in [-0.39, 0.29) is 16.7 Å². The summed E-state index contributed by atoms with van der Waals surface area (Å²) in [6.45, 7) is 8.12. The lowest BCUT2D eigenvalue weighted by Crippen LogP contribution is -2.22. The van der Waals surface area contributed by atoms with Crippen molar-refractivity contribution in [2.45, 2.75) is 26.4 Å². The molecule has 1 rings (SSSR count). The van der Waals surface area contributed by atoms with Crippen molar-refractivity contribution in [1.29, 1.82) is 0 Å². The summed E-state index contributed by atoms with van der Waals surface area (Å²) in [5, 5.41) is 13.9. The fraction of sp³-hybridized carbons (Fsp3) is 0.333. The largest absolute Gasteiger partial charge is 0.307 e. The highest BCUT2D eigenvalue weighted by molar-refractivity contribution is 5.41. The molecule has 1 atom stereocenters. The van der Waals surface area contributed by atoms with Gasteiger partial charge >= 0.3 is 0 Å². The van der Waals surface area contributed by atoms with Gasteiger partial charge in [0.25, 0.3) is 5.69 Å². The van der Waals surface area contributed by atoms with Gasteiger partial charge in [0, 0.05) is 24.2 Å². The number of nitrogens with one attached hydrogen (secondary N) is 1. The van der Waals surface area contributed by atoms with Crippen molar-refractivity contribution in [2.24, 2.45) is 0 Å². The summed E-state index contributed by atoms with van der Waals surface area (Å²) in [5.74, 6) is 0. The Morgan fingerprint density at radius 2 is 2.31 bits per heavy atom. The van der Waals surface area contributed by atoms with Crippen LogP contribution in [0.4, 0.5) is 5.69 Å². The van der Waals surface area contributed by atoms with Gasteiger partial charge in [-0.2, -0.15) is 0 Å². The first-order valence-electron chi connectivity index (χ1n) is 5.14. The third kappa shape index (κ3) is 3.17. The Balaban J connectivity index is 2.73. The van der Waals surface area contributed by atoms with Gasteiger partial charge in [0.1, 0.15) is 0 Å². The zero-order valence-corrected chi connectivity index (χ0v) is 9.56. The van der Waals surface area contributed by atoms with E-state index in [0.29, 0.717) is 12.1 Å². The highest BCUT2D eigenvalue weighted by Gasteiger charge is 2.09. The van der Waals surface area contributed by atoms with E-state index in [4.69, 9.17) is 0 Å². The van der Waals surface area contributed by atoms with Crippen molar-refractivity contribution >= 4 is 5.69 Å². The van der Waals surface area contributed by atoms with Crippen molar-refractivity contribution in [1.82, 2.24) is 5.32 Å². The first-order chi connectivity index (χ1) is 7.54. The van der Waals surface area contributed by atoms with Crippen LogP contribution in [0.25, 0.3) is 0 Å². The van der Waals surface area contributed by atoms with Gasteiger partial charge in [-0.15, -0.1) is 6.58 Å². The van der Waals surface area contributed by atoms with Crippen LogP contribution >= 0.6 is 0 Å². The predicted octanol–water partition coefficient (Wildman–Crippen LogP) is 2.57. The van der Waals surface area contributed by atoms with Crippen LogP contribution in [0.15, 0.2) is 30.9 Å². The molecule has 0 aliphatic rings. The third-order valence-electron chi connectivity index (χ3n) is 2.44. The molecule has 1 N–H and O–H groups in total. The lowest BCUT2D eigenvalue weighted by molar-refractivity contribution is -0.385. The van der Waals surface area contributed by atoms with E-state index in [1.54, 1.807) is 19.1 Å². The quantitative estimate of drug-likeness (QED) is 0.471. The van der Waals surface area contributed by atoms with E-state index in [1.165, 1.54) is 0 Å². The number of rotatable bonds is 5. The van der Waals surface area contributed by atoms with Crippen molar-refractivity contribution in [3.8, 4) is 0 Å². The van der Waals surface area contributed by atoms with Crippen LogP contribution in [-0.2, 0) is 6.54 Å². The summed E-state index contributed by atoms with van der Waals surface area (Å²) in [7, 11) is 0. The molecule has 0 aliphatic heterocycles. The van der Waals surface area contributed by atoms with Gasteiger partial charge in [-0.25, -0.2) is 0 Å². The Kier molecular flexibility index (Phi) is 4.19. The van der Waals surface area contributed by atoms with Crippen molar-refractivity contribution in [3.05, 3.63) is 52.1 Å². The molecule has 1 unspecified atom stereocenters. The summed E-state index contributed by atoms with van der Waals surface area (Å²) in [6.07, 6.45) is 1.82. The SMILES string of the molecule is C=CC(C)NCc1ccc([N+](=O)[O-])c(C)c1. The molecule has 16 heavy (non-hydrogen) atoms. The molecule has 0 bridgehead atoms. The van der Waals surface area contributed by atoms with Gasteiger partial charge in [0.05, 0.1) is 4.92 Å². The molecule has 86 valence electrons. The minimum atomic E-state index is -0.362. The lowest BCUT2D eigenvalue weighted by Gasteiger charge is -2.09. The average molecular weight is 220 g/mol. The Morgan fingerprint density at radius 1 is 1.62 bits per heavy atom. The summed E-state index contributed by atoms with van der Waals surface area (Å²) in [5.41, 5.74) is 1.90. The van der Waals surface area contributed by atoms with Gasteiger partial charge in [0.2, 0.25) is 0 Å². The molecule has 0 radical (unpaired) electrons. The second kappa shape index (κ2) is 5.42. The maximum absolute atomic E-state index is 10.6. The first-order valence-corrected chi connectivity index (χ1v) is 5.14. The first kappa shape index (κ1) is 12.4. The summed E-state index contributed by atoms with van der Waals surface area (Å²) in [4.78, 5) is 10.3. The summed E-state index contributed by atoms with van der Waals surface area (Å²) >= 11 is 0. The fourth-order valence-electron chi connectivity index (χ4n) is 1.39. The molecule has 0 aromatic heterocycles. The molecule has 0 fully saturated rings. The number of aryl methyl sites for hydroxylation is 1. The van der Waals surface area contributed by atoms with E-state index >= 15 is 0 Å². The van der Waals surface area contributed by atoms with Gasteiger partial charge in [0.15, 0.2) is 0 Å². The highest BCUT2D eigenvalue weighted by Crippen LogP contribution is 2.18. The topological polar surface area (TPSA) is 55.2 Å². The maximum atomic E-state index is 10.6. The van der Waals surface area contributed by atoms with Crippen molar-refractivity contribution in [3.63, 3.8) is 0 Å². The van der Waals surface area contributed by atoms with Crippen molar-refractivity contribution in [2.75, 3.05) is 0 Å². The van der Waals surface area contributed by atoms with Crippen LogP contribution in [0, 0.1) is 17.0 Å². The molecule has 0 amide bonds. The van der Waals surface area contributed by atoms with Crippen LogP contribution in [-0.4, -0.2) is 11.0 Å². The highest BCUT2D eigenvalue weighted by atomic mass is 16.6. The van der Waals surface area contributed by atoms with Gasteiger partial charge in [-0.05, 0) is 25.5 Å². The third-order valence-corrected chi connectivity index (χ3v) is 2.44. The normalized spacial score (nSPS) is 12.1. The number of nitro groups is 1. The zero-order chi connectivity index (χ0) is 12.1. The van der Waals surface area contributed by atoms with E-state index < -0.39 is 0 Å².